The molecule has 4 aromatic carbocycles. The van der Waals surface area contributed by atoms with Crippen molar-refractivity contribution < 1.29 is 31.6 Å². The number of carbonyl (C=O) groups is 2. The number of halogens is 4. The largest absolute Gasteiger partial charge is 0.399 e. The van der Waals surface area contributed by atoms with Crippen LogP contribution in [0.3, 0.4) is 0 Å². The zero-order valence-corrected chi connectivity index (χ0v) is 31.2. The number of amides is 2. The van der Waals surface area contributed by atoms with Crippen LogP contribution in [-0.4, -0.2) is 79.5 Å². The third-order valence-electron chi connectivity index (χ3n) is 10.1. The van der Waals surface area contributed by atoms with E-state index in [9.17, 15) is 27.2 Å². The van der Waals surface area contributed by atoms with Gasteiger partial charge in [-0.1, -0.05) is 24.3 Å². The summed E-state index contributed by atoms with van der Waals surface area (Å²) in [6.45, 7) is 2.17. The number of hydrogen-bond acceptors (Lipinski definition) is 8. The minimum atomic E-state index is -0.833. The Morgan fingerprint density at radius 1 is 0.607 bits per heavy atom. The van der Waals surface area contributed by atoms with E-state index in [1.807, 2.05) is 14.1 Å². The summed E-state index contributed by atoms with van der Waals surface area (Å²) in [4.78, 5) is 31.1. The van der Waals surface area contributed by atoms with Crippen molar-refractivity contribution >= 4 is 34.6 Å². The van der Waals surface area contributed by atoms with Crippen LogP contribution < -0.4 is 33.6 Å². The van der Waals surface area contributed by atoms with Crippen LogP contribution in [0, 0.1) is 23.3 Å². The molecular weight excluding hydrogens is 727 g/mol. The van der Waals surface area contributed by atoms with Crippen molar-refractivity contribution in [2.45, 2.75) is 18.5 Å². The maximum absolute atomic E-state index is 14.1. The van der Waals surface area contributed by atoms with Gasteiger partial charge in [0.2, 0.25) is 0 Å². The first-order valence-corrected chi connectivity index (χ1v) is 18.1. The van der Waals surface area contributed by atoms with E-state index in [0.29, 0.717) is 71.0 Å². The molecule has 2 amide bonds. The summed E-state index contributed by atoms with van der Waals surface area (Å²) >= 11 is 0. The number of benzene rings is 4. The molecule has 0 fully saturated rings. The summed E-state index contributed by atoms with van der Waals surface area (Å²) in [5.41, 5.74) is 29.1. The summed E-state index contributed by atoms with van der Waals surface area (Å²) in [5, 5.41) is 6.08. The van der Waals surface area contributed by atoms with Gasteiger partial charge < -0.3 is 47.9 Å². The Morgan fingerprint density at radius 3 is 1.38 bits per heavy atom. The molecule has 6 rings (SSSR count). The third kappa shape index (κ3) is 9.30. The van der Waals surface area contributed by atoms with E-state index in [2.05, 4.69) is 10.6 Å². The number of nitrogens with zero attached hydrogens (tertiary/aromatic N) is 3. The standard InChI is InChI=1S/C41H45F4N9O2/c1-54(2,15-13-53-23-35(51-33-20-28(44)17-29(45)21-33)37(41(53)56)39(49)25-6-10-31(47)11-7-25)14-3-12-52-22-34(50-32-18-26(42)16-27(43)19-32)36(40(52)55)38(48)24-4-8-30(46)9-5-24/h4-11,16-21,38-39H,3,12-15,22-23,46-49H2,1-2H3,(H-,50,51,55,56)/p+1/t38-,39-/m1/s1. The summed E-state index contributed by atoms with van der Waals surface area (Å²) in [7, 11) is 4.03. The lowest BCUT2D eigenvalue weighted by Crippen LogP contribution is -2.47. The van der Waals surface area contributed by atoms with Crippen LogP contribution in [0.25, 0.3) is 0 Å². The van der Waals surface area contributed by atoms with E-state index >= 15 is 0 Å². The van der Waals surface area contributed by atoms with Gasteiger partial charge in [-0.25, -0.2) is 17.6 Å². The molecule has 4 aromatic rings. The number of hydrogen-bond donors (Lipinski definition) is 6. The number of nitrogens with one attached hydrogen (secondary N) is 2. The molecular formula is C41H46F4N9O2+. The Bertz CT molecular complexity index is 2130. The van der Waals surface area contributed by atoms with Crippen LogP contribution in [0.2, 0.25) is 0 Å². The summed E-state index contributed by atoms with van der Waals surface area (Å²) in [5.74, 6) is -3.65. The van der Waals surface area contributed by atoms with Gasteiger partial charge in [0.1, 0.15) is 23.3 Å². The van der Waals surface area contributed by atoms with Crippen LogP contribution in [0.1, 0.15) is 29.6 Å². The van der Waals surface area contributed by atoms with Crippen molar-refractivity contribution in [3.8, 4) is 0 Å². The van der Waals surface area contributed by atoms with Gasteiger partial charge in [-0.15, -0.1) is 0 Å². The van der Waals surface area contributed by atoms with Crippen LogP contribution in [0.4, 0.5) is 40.3 Å². The molecule has 0 saturated carbocycles. The molecule has 0 aliphatic carbocycles. The smallest absolute Gasteiger partial charge is 0.254 e. The molecule has 0 unspecified atom stereocenters. The quantitative estimate of drug-likeness (QED) is 0.0559. The number of anilines is 4. The second-order valence-corrected chi connectivity index (χ2v) is 14.8. The molecule has 15 heteroatoms. The fourth-order valence-corrected chi connectivity index (χ4v) is 7.04. The summed E-state index contributed by atoms with van der Waals surface area (Å²) in [6.07, 6.45) is 0.586. The lowest BCUT2D eigenvalue weighted by atomic mass is 9.98. The number of nitrogens with two attached hydrogens (primary N) is 4. The molecule has 2 aliphatic rings. The SMILES string of the molecule is C[N+](C)(CCCN1CC(Nc2cc(F)cc(F)c2)=C([C@H](N)c2ccc(N)cc2)C1=O)CCN1CC(Nc2cc(F)cc(F)c2)=C([C@H](N)c2ccc(N)cc2)C1=O. The molecule has 2 aliphatic heterocycles. The van der Waals surface area contributed by atoms with Gasteiger partial charge in [-0.05, 0) is 59.7 Å². The molecule has 0 saturated heterocycles. The van der Waals surface area contributed by atoms with Crippen LogP contribution in [0.5, 0.6) is 0 Å². The maximum Gasteiger partial charge on any atom is 0.254 e. The molecule has 0 bridgehead atoms. The van der Waals surface area contributed by atoms with E-state index in [4.69, 9.17) is 22.9 Å². The molecule has 2 heterocycles. The minimum absolute atomic E-state index is 0.144. The van der Waals surface area contributed by atoms with Gasteiger partial charge in [0.25, 0.3) is 11.8 Å². The lowest BCUT2D eigenvalue weighted by Gasteiger charge is -2.32. The summed E-state index contributed by atoms with van der Waals surface area (Å²) < 4.78 is 56.8. The van der Waals surface area contributed by atoms with Crippen LogP contribution in [-0.2, 0) is 9.59 Å². The second-order valence-electron chi connectivity index (χ2n) is 14.8. The van der Waals surface area contributed by atoms with Crippen molar-refractivity contribution in [1.82, 2.24) is 9.80 Å². The predicted octanol–water partition coefficient (Wildman–Crippen LogP) is 4.99. The van der Waals surface area contributed by atoms with Gasteiger partial charge in [-0.2, -0.15) is 0 Å². The Hall–Kier alpha value is -5.90. The van der Waals surface area contributed by atoms with Gasteiger partial charge in [0.15, 0.2) is 0 Å². The first-order chi connectivity index (χ1) is 26.6. The molecule has 10 N–H and O–H groups in total. The third-order valence-corrected chi connectivity index (χ3v) is 10.1. The highest BCUT2D eigenvalue weighted by Crippen LogP contribution is 2.33. The molecule has 56 heavy (non-hydrogen) atoms. The second kappa shape index (κ2) is 16.5. The number of nitrogen functional groups attached to an aromatic ring is 2. The molecule has 0 aromatic heterocycles. The normalized spacial score (nSPS) is 15.9. The average molecular weight is 773 g/mol. The number of likely N-dealkylation sites (N-methyl/N-ethyl adjacent to an activating group) is 1. The molecule has 0 spiro atoms. The fraction of sp³-hybridized carbons (Fsp3) is 0.268. The van der Waals surface area contributed by atoms with Crippen LogP contribution in [0.15, 0.2) is 107 Å². The van der Waals surface area contributed by atoms with Gasteiger partial charge in [0, 0.05) is 59.2 Å². The molecule has 11 nitrogen and oxygen atoms in total. The maximum atomic E-state index is 14.1. The topological polar surface area (TPSA) is 169 Å². The first kappa shape index (κ1) is 39.8. The van der Waals surface area contributed by atoms with E-state index in [-0.39, 0.29) is 47.4 Å². The predicted molar refractivity (Wildman–Crippen MR) is 209 cm³/mol. The lowest BCUT2D eigenvalue weighted by molar-refractivity contribution is -0.889. The molecule has 0 radical (unpaired) electrons. The number of quaternary nitrogens is 1. The number of rotatable bonds is 15. The average Bonchev–Trinajstić information content (AvgIpc) is 3.60. The fourth-order valence-electron chi connectivity index (χ4n) is 7.04. The van der Waals surface area contributed by atoms with Crippen molar-refractivity contribution in [2.75, 3.05) is 75.5 Å². The zero-order chi connectivity index (χ0) is 40.3. The highest BCUT2D eigenvalue weighted by atomic mass is 19.1. The Labute approximate surface area is 322 Å². The minimum Gasteiger partial charge on any atom is -0.399 e. The van der Waals surface area contributed by atoms with Gasteiger partial charge >= 0.3 is 0 Å². The highest BCUT2D eigenvalue weighted by Gasteiger charge is 2.37. The van der Waals surface area contributed by atoms with E-state index in [1.165, 1.54) is 0 Å². The zero-order valence-electron chi connectivity index (χ0n) is 31.2. The van der Waals surface area contributed by atoms with E-state index in [1.54, 1.807) is 58.3 Å². The molecule has 2 atom stereocenters. The number of carbonyl (C=O) groups excluding carboxylic acids is 2. The van der Waals surface area contributed by atoms with Crippen LogP contribution >= 0.6 is 0 Å². The Balaban J connectivity index is 1.11. The van der Waals surface area contributed by atoms with E-state index < -0.39 is 35.4 Å². The van der Waals surface area contributed by atoms with Crippen molar-refractivity contribution in [2.24, 2.45) is 11.5 Å². The Morgan fingerprint density at radius 2 is 0.982 bits per heavy atom. The van der Waals surface area contributed by atoms with Crippen molar-refractivity contribution in [3.63, 3.8) is 0 Å². The van der Waals surface area contributed by atoms with Crippen molar-refractivity contribution in [1.29, 1.82) is 0 Å². The highest BCUT2D eigenvalue weighted by molar-refractivity contribution is 6.00. The van der Waals surface area contributed by atoms with Gasteiger partial charge in [-0.3, -0.25) is 9.59 Å². The van der Waals surface area contributed by atoms with Gasteiger partial charge in [0.05, 0.1) is 70.0 Å². The monoisotopic (exact) mass is 772 g/mol. The summed E-state index contributed by atoms with van der Waals surface area (Å²) in [6, 6.07) is 18.1. The van der Waals surface area contributed by atoms with Crippen molar-refractivity contribution in [3.05, 3.63) is 142 Å². The van der Waals surface area contributed by atoms with E-state index in [0.717, 1.165) is 36.4 Å². The Kier molecular flexibility index (Phi) is 11.7. The molecule has 294 valence electrons. The first-order valence-electron chi connectivity index (χ1n) is 18.1.